The fraction of sp³-hybridized carbons (Fsp3) is 0.571. The molecule has 0 saturated carbocycles. The second kappa shape index (κ2) is 6.35. The summed E-state index contributed by atoms with van der Waals surface area (Å²) in [5, 5.41) is 4.07. The Labute approximate surface area is 119 Å². The fourth-order valence-corrected chi connectivity index (χ4v) is 2.82. The summed E-state index contributed by atoms with van der Waals surface area (Å²) in [6.45, 7) is 1.06. The Balaban J connectivity index is 2.41. The highest BCUT2D eigenvalue weighted by Gasteiger charge is 2.23. The van der Waals surface area contributed by atoms with E-state index in [0.29, 0.717) is 28.3 Å². The third-order valence-corrected chi connectivity index (χ3v) is 3.91. The van der Waals surface area contributed by atoms with Crippen LogP contribution in [0.25, 0.3) is 0 Å². The second-order valence-corrected chi connectivity index (χ2v) is 4.98. The maximum atomic E-state index is 6.41. The SMILES string of the molecule is COc1cc(OC)c(OC)c(CC2CCCN2)c1Cl. The molecule has 106 valence electrons. The quantitative estimate of drug-likeness (QED) is 0.903. The maximum Gasteiger partial charge on any atom is 0.165 e. The number of methoxy groups -OCH3 is 3. The van der Waals surface area contributed by atoms with Crippen molar-refractivity contribution >= 4 is 11.6 Å². The number of rotatable bonds is 5. The molecule has 1 aromatic carbocycles. The number of hydrogen-bond donors (Lipinski definition) is 1. The Morgan fingerprint density at radius 3 is 2.47 bits per heavy atom. The molecular weight excluding hydrogens is 266 g/mol. The van der Waals surface area contributed by atoms with Crippen molar-refractivity contribution in [3.63, 3.8) is 0 Å². The molecule has 1 saturated heterocycles. The van der Waals surface area contributed by atoms with E-state index in [4.69, 9.17) is 25.8 Å². The van der Waals surface area contributed by atoms with E-state index in [0.717, 1.165) is 24.9 Å². The Kier molecular flexibility index (Phi) is 4.77. The lowest BCUT2D eigenvalue weighted by Gasteiger charge is -2.19. The molecular formula is C14H20ClNO3. The van der Waals surface area contributed by atoms with Crippen LogP contribution in [0.1, 0.15) is 18.4 Å². The first-order valence-electron chi connectivity index (χ1n) is 6.42. The number of hydrogen-bond acceptors (Lipinski definition) is 4. The standard InChI is InChI=1S/C14H20ClNO3/c1-17-11-8-12(18-2)14(19-3)10(13(11)15)7-9-5-4-6-16-9/h8-9,16H,4-7H2,1-3H3. The van der Waals surface area contributed by atoms with Crippen molar-refractivity contribution in [3.8, 4) is 17.2 Å². The van der Waals surface area contributed by atoms with Gasteiger partial charge in [-0.15, -0.1) is 0 Å². The molecule has 0 spiro atoms. The van der Waals surface area contributed by atoms with E-state index >= 15 is 0 Å². The molecule has 1 unspecified atom stereocenters. The summed E-state index contributed by atoms with van der Waals surface area (Å²) in [6.07, 6.45) is 3.17. The molecule has 0 bridgehead atoms. The predicted octanol–water partition coefficient (Wildman–Crippen LogP) is 2.66. The highest BCUT2D eigenvalue weighted by Crippen LogP contribution is 2.43. The second-order valence-electron chi connectivity index (χ2n) is 4.60. The van der Waals surface area contributed by atoms with Crippen LogP contribution in [0.15, 0.2) is 6.07 Å². The summed E-state index contributed by atoms with van der Waals surface area (Å²) in [7, 11) is 4.85. The van der Waals surface area contributed by atoms with Gasteiger partial charge in [0.05, 0.1) is 26.4 Å². The molecule has 0 radical (unpaired) electrons. The highest BCUT2D eigenvalue weighted by atomic mass is 35.5. The van der Waals surface area contributed by atoms with Gasteiger partial charge in [0.1, 0.15) is 5.75 Å². The van der Waals surface area contributed by atoms with E-state index in [9.17, 15) is 0 Å². The molecule has 1 heterocycles. The summed E-state index contributed by atoms with van der Waals surface area (Å²) in [6, 6.07) is 2.19. The lowest BCUT2D eigenvalue weighted by Crippen LogP contribution is -2.24. The minimum atomic E-state index is 0.434. The van der Waals surface area contributed by atoms with Gasteiger partial charge in [-0.05, 0) is 25.8 Å². The molecule has 1 aliphatic heterocycles. The van der Waals surface area contributed by atoms with Crippen molar-refractivity contribution in [2.24, 2.45) is 0 Å². The average Bonchev–Trinajstić information content (AvgIpc) is 2.93. The molecule has 1 aliphatic rings. The summed E-state index contributed by atoms with van der Waals surface area (Å²) < 4.78 is 16.1. The van der Waals surface area contributed by atoms with Gasteiger partial charge in [0.25, 0.3) is 0 Å². The van der Waals surface area contributed by atoms with Crippen LogP contribution in [0.2, 0.25) is 5.02 Å². The molecule has 1 N–H and O–H groups in total. The first-order chi connectivity index (χ1) is 9.21. The van der Waals surface area contributed by atoms with Crippen molar-refractivity contribution < 1.29 is 14.2 Å². The summed E-state index contributed by atoms with van der Waals surface area (Å²) in [4.78, 5) is 0. The molecule has 1 aromatic rings. The van der Waals surface area contributed by atoms with Crippen LogP contribution < -0.4 is 19.5 Å². The molecule has 5 heteroatoms. The van der Waals surface area contributed by atoms with Crippen LogP contribution in [0.4, 0.5) is 0 Å². The number of benzene rings is 1. The minimum Gasteiger partial charge on any atom is -0.495 e. The molecule has 1 fully saturated rings. The average molecular weight is 286 g/mol. The molecule has 0 amide bonds. The van der Waals surface area contributed by atoms with Gasteiger partial charge >= 0.3 is 0 Å². The predicted molar refractivity (Wildman–Crippen MR) is 75.8 cm³/mol. The van der Waals surface area contributed by atoms with Crippen molar-refractivity contribution in [1.82, 2.24) is 5.32 Å². The first-order valence-corrected chi connectivity index (χ1v) is 6.79. The van der Waals surface area contributed by atoms with Crippen molar-refractivity contribution in [3.05, 3.63) is 16.7 Å². The monoisotopic (exact) mass is 285 g/mol. The van der Waals surface area contributed by atoms with Gasteiger partial charge in [-0.25, -0.2) is 0 Å². The van der Waals surface area contributed by atoms with Crippen LogP contribution >= 0.6 is 11.6 Å². The third-order valence-electron chi connectivity index (χ3n) is 3.50. The zero-order valence-corrected chi connectivity index (χ0v) is 12.3. The highest BCUT2D eigenvalue weighted by molar-refractivity contribution is 6.33. The van der Waals surface area contributed by atoms with Crippen LogP contribution in [0.5, 0.6) is 17.2 Å². The van der Waals surface area contributed by atoms with Gasteiger partial charge in [0.15, 0.2) is 11.5 Å². The smallest absolute Gasteiger partial charge is 0.165 e. The van der Waals surface area contributed by atoms with Gasteiger partial charge in [-0.1, -0.05) is 11.6 Å². The van der Waals surface area contributed by atoms with Gasteiger partial charge in [-0.3, -0.25) is 0 Å². The van der Waals surface area contributed by atoms with Crippen molar-refractivity contribution in [2.45, 2.75) is 25.3 Å². The largest absolute Gasteiger partial charge is 0.495 e. The Bertz CT molecular complexity index is 445. The third kappa shape index (κ3) is 2.90. The lowest BCUT2D eigenvalue weighted by atomic mass is 10.0. The van der Waals surface area contributed by atoms with Crippen LogP contribution in [-0.2, 0) is 6.42 Å². The fourth-order valence-electron chi connectivity index (χ4n) is 2.53. The number of nitrogens with one attached hydrogen (secondary N) is 1. The van der Waals surface area contributed by atoms with E-state index in [1.807, 2.05) is 0 Å². The summed E-state index contributed by atoms with van der Waals surface area (Å²) >= 11 is 6.41. The Morgan fingerprint density at radius 1 is 1.21 bits per heavy atom. The van der Waals surface area contributed by atoms with E-state index < -0.39 is 0 Å². The number of ether oxygens (including phenoxy) is 3. The van der Waals surface area contributed by atoms with Crippen LogP contribution in [0, 0.1) is 0 Å². The van der Waals surface area contributed by atoms with Gasteiger partial charge in [0, 0.05) is 17.7 Å². The van der Waals surface area contributed by atoms with Crippen molar-refractivity contribution in [1.29, 1.82) is 0 Å². The van der Waals surface area contributed by atoms with Gasteiger partial charge in [0.2, 0.25) is 0 Å². The van der Waals surface area contributed by atoms with Crippen LogP contribution in [-0.4, -0.2) is 33.9 Å². The van der Waals surface area contributed by atoms with E-state index in [2.05, 4.69) is 5.32 Å². The maximum absolute atomic E-state index is 6.41. The topological polar surface area (TPSA) is 39.7 Å². The van der Waals surface area contributed by atoms with Crippen molar-refractivity contribution in [2.75, 3.05) is 27.9 Å². The van der Waals surface area contributed by atoms with E-state index in [1.54, 1.807) is 27.4 Å². The minimum absolute atomic E-state index is 0.434. The normalized spacial score (nSPS) is 18.4. The first kappa shape index (κ1) is 14.3. The van der Waals surface area contributed by atoms with E-state index in [1.165, 1.54) is 6.42 Å². The van der Waals surface area contributed by atoms with Gasteiger partial charge < -0.3 is 19.5 Å². The molecule has 4 nitrogen and oxygen atoms in total. The summed E-state index contributed by atoms with van der Waals surface area (Å²) in [5.74, 6) is 1.96. The molecule has 19 heavy (non-hydrogen) atoms. The zero-order chi connectivity index (χ0) is 13.8. The number of halogens is 1. The zero-order valence-electron chi connectivity index (χ0n) is 11.6. The van der Waals surface area contributed by atoms with Crippen LogP contribution in [0.3, 0.4) is 0 Å². The Hall–Kier alpha value is -1.13. The van der Waals surface area contributed by atoms with Gasteiger partial charge in [-0.2, -0.15) is 0 Å². The Morgan fingerprint density at radius 2 is 1.95 bits per heavy atom. The van der Waals surface area contributed by atoms with E-state index in [-0.39, 0.29) is 0 Å². The molecule has 0 aliphatic carbocycles. The molecule has 2 rings (SSSR count). The molecule has 1 atom stereocenters. The molecule has 0 aromatic heterocycles. The summed E-state index contributed by atoms with van der Waals surface area (Å²) in [5.41, 5.74) is 0.944. The lowest BCUT2D eigenvalue weighted by molar-refractivity contribution is 0.344.